The number of anilines is 3. The summed E-state index contributed by atoms with van der Waals surface area (Å²) in [6, 6.07) is 3.56. The van der Waals surface area contributed by atoms with Crippen molar-refractivity contribution in [3.63, 3.8) is 0 Å². The van der Waals surface area contributed by atoms with Crippen LogP contribution in [0.1, 0.15) is 44.1 Å². The molecule has 0 bridgehead atoms. The molecule has 0 aromatic carbocycles. The van der Waals surface area contributed by atoms with Crippen molar-refractivity contribution in [2.75, 3.05) is 29.0 Å². The van der Waals surface area contributed by atoms with Gasteiger partial charge in [-0.2, -0.15) is 0 Å². The first-order valence-corrected chi connectivity index (χ1v) is 10.5. The maximum atomic E-state index is 12.8. The topological polar surface area (TPSA) is 176 Å². The number of nitrogen functional groups attached to an aromatic ring is 1. The average Bonchev–Trinajstić information content (AvgIpc) is 2.73. The number of nitrogens with two attached hydrogens (primary N) is 1. The van der Waals surface area contributed by atoms with Crippen molar-refractivity contribution in [1.29, 1.82) is 0 Å². The number of rotatable bonds is 5. The molecule has 0 saturated carbocycles. The molecule has 0 aliphatic carbocycles. The molecule has 13 heteroatoms. The van der Waals surface area contributed by atoms with Crippen LogP contribution in [-0.4, -0.2) is 68.9 Å². The number of nitrogens with zero attached hydrogens (tertiary/aromatic N) is 4. The van der Waals surface area contributed by atoms with Crippen molar-refractivity contribution in [1.82, 2.24) is 20.3 Å². The first-order valence-electron chi connectivity index (χ1n) is 10.5. The summed E-state index contributed by atoms with van der Waals surface area (Å²) in [5.41, 5.74) is 5.45. The first kappa shape index (κ1) is 24.2. The lowest BCUT2D eigenvalue weighted by Crippen LogP contribution is -2.46. The van der Waals surface area contributed by atoms with Gasteiger partial charge in [0.25, 0.3) is 5.91 Å². The van der Waals surface area contributed by atoms with Gasteiger partial charge in [-0.05, 0) is 45.7 Å². The van der Waals surface area contributed by atoms with Gasteiger partial charge in [-0.1, -0.05) is 0 Å². The third-order valence-corrected chi connectivity index (χ3v) is 4.87. The van der Waals surface area contributed by atoms with E-state index >= 15 is 0 Å². The number of hydrogen-bond donors (Lipinski definition) is 5. The fourth-order valence-electron chi connectivity index (χ4n) is 3.36. The highest BCUT2D eigenvalue weighted by molar-refractivity contribution is 6.57. The van der Waals surface area contributed by atoms with Crippen molar-refractivity contribution >= 4 is 42.0 Å². The van der Waals surface area contributed by atoms with E-state index < -0.39 is 24.7 Å². The SMILES string of the molecule is CC(C)(C)OC(=O)NC1CCN(c2cccnc2NC(=O)c2nc(B(O)O)cnc2N)CC1. The minimum absolute atomic E-state index is 0.0199. The number of aromatic nitrogens is 3. The van der Waals surface area contributed by atoms with Crippen molar-refractivity contribution < 1.29 is 24.4 Å². The van der Waals surface area contributed by atoms with E-state index in [-0.39, 0.29) is 23.1 Å². The predicted molar refractivity (Wildman–Crippen MR) is 123 cm³/mol. The molecule has 1 aliphatic heterocycles. The van der Waals surface area contributed by atoms with Gasteiger partial charge in [0.2, 0.25) is 0 Å². The lowest BCUT2D eigenvalue weighted by atomic mass is 9.87. The minimum atomic E-state index is -1.88. The van der Waals surface area contributed by atoms with E-state index in [9.17, 15) is 19.6 Å². The Hall–Kier alpha value is -3.45. The lowest BCUT2D eigenvalue weighted by molar-refractivity contribution is 0.0497. The number of ether oxygens (including phenoxy) is 1. The maximum Gasteiger partial charge on any atom is 0.509 e. The molecule has 0 radical (unpaired) electrons. The van der Waals surface area contributed by atoms with Crippen LogP contribution < -0.4 is 26.9 Å². The van der Waals surface area contributed by atoms with E-state index in [0.717, 1.165) is 6.20 Å². The number of hydrogen-bond acceptors (Lipinski definition) is 10. The highest BCUT2D eigenvalue weighted by Gasteiger charge is 2.26. The summed E-state index contributed by atoms with van der Waals surface area (Å²) in [6.45, 7) is 6.70. The predicted octanol–water partition coefficient (Wildman–Crippen LogP) is -0.121. The Balaban J connectivity index is 1.67. The Morgan fingerprint density at radius 2 is 1.94 bits per heavy atom. The molecule has 1 saturated heterocycles. The second-order valence-electron chi connectivity index (χ2n) is 8.64. The van der Waals surface area contributed by atoms with Crippen LogP contribution in [0.5, 0.6) is 0 Å². The molecule has 3 heterocycles. The van der Waals surface area contributed by atoms with Crippen LogP contribution in [0.3, 0.4) is 0 Å². The van der Waals surface area contributed by atoms with Gasteiger partial charge < -0.3 is 36.1 Å². The Kier molecular flexibility index (Phi) is 7.34. The molecule has 2 aromatic heterocycles. The number of alkyl carbamates (subject to hydrolysis) is 1. The van der Waals surface area contributed by atoms with Gasteiger partial charge in [0.1, 0.15) is 5.60 Å². The molecular formula is C20H28BN7O5. The zero-order valence-corrected chi connectivity index (χ0v) is 18.8. The van der Waals surface area contributed by atoms with Crippen LogP contribution >= 0.6 is 0 Å². The standard InChI is InChI=1S/C20H28BN7O5/c1-20(2,3)33-19(30)25-12-6-9-28(10-7-12)13-5-4-8-23-17(13)27-18(29)15-16(22)24-11-14(26-15)21(31)32/h4-5,8,11-12,31-32H,6-7,9-10H2,1-3H3,(H2,22,24)(H,25,30)(H,23,27,29). The van der Waals surface area contributed by atoms with E-state index in [1.165, 1.54) is 0 Å². The van der Waals surface area contributed by atoms with E-state index in [4.69, 9.17) is 10.5 Å². The van der Waals surface area contributed by atoms with Gasteiger partial charge >= 0.3 is 13.2 Å². The van der Waals surface area contributed by atoms with Gasteiger partial charge in [-0.15, -0.1) is 0 Å². The van der Waals surface area contributed by atoms with Crippen molar-refractivity contribution in [3.05, 3.63) is 30.2 Å². The summed E-state index contributed by atoms with van der Waals surface area (Å²) in [5, 5.41) is 24.1. The lowest BCUT2D eigenvalue weighted by Gasteiger charge is -2.34. The summed E-state index contributed by atoms with van der Waals surface area (Å²) in [6.07, 6.45) is 3.56. The highest BCUT2D eigenvalue weighted by atomic mass is 16.6. The molecule has 2 amide bonds. The summed E-state index contributed by atoms with van der Waals surface area (Å²) < 4.78 is 5.32. The monoisotopic (exact) mass is 457 g/mol. The van der Waals surface area contributed by atoms with Crippen molar-refractivity contribution in [2.24, 2.45) is 0 Å². The van der Waals surface area contributed by atoms with Crippen molar-refractivity contribution in [2.45, 2.75) is 45.3 Å². The fourth-order valence-corrected chi connectivity index (χ4v) is 3.36. The van der Waals surface area contributed by atoms with Gasteiger partial charge in [-0.3, -0.25) is 4.79 Å². The van der Waals surface area contributed by atoms with Crippen LogP contribution in [0.25, 0.3) is 0 Å². The van der Waals surface area contributed by atoms with Crippen LogP contribution in [0.15, 0.2) is 24.5 Å². The molecule has 12 nitrogen and oxygen atoms in total. The summed E-state index contributed by atoms with van der Waals surface area (Å²) in [4.78, 5) is 38.8. The second-order valence-corrected chi connectivity index (χ2v) is 8.64. The van der Waals surface area contributed by atoms with Gasteiger partial charge in [0.15, 0.2) is 17.3 Å². The van der Waals surface area contributed by atoms with E-state index in [2.05, 4.69) is 30.5 Å². The molecule has 33 heavy (non-hydrogen) atoms. The third kappa shape index (κ3) is 6.52. The van der Waals surface area contributed by atoms with Gasteiger partial charge in [-0.25, -0.2) is 19.7 Å². The highest BCUT2D eigenvalue weighted by Crippen LogP contribution is 2.27. The summed E-state index contributed by atoms with van der Waals surface area (Å²) >= 11 is 0. The first-order chi connectivity index (χ1) is 15.5. The number of carbonyl (C=O) groups excluding carboxylic acids is 2. The average molecular weight is 457 g/mol. The van der Waals surface area contributed by atoms with Gasteiger partial charge in [0.05, 0.1) is 11.3 Å². The Morgan fingerprint density at radius 1 is 1.24 bits per heavy atom. The fraction of sp³-hybridized carbons (Fsp3) is 0.450. The minimum Gasteiger partial charge on any atom is -0.444 e. The quantitative estimate of drug-likeness (QED) is 0.381. The van der Waals surface area contributed by atoms with Crippen LogP contribution in [-0.2, 0) is 4.74 Å². The van der Waals surface area contributed by atoms with E-state index in [1.54, 1.807) is 12.3 Å². The molecule has 2 aromatic rings. The maximum absolute atomic E-state index is 12.8. The summed E-state index contributed by atoms with van der Waals surface area (Å²) in [7, 11) is -1.88. The number of pyridine rings is 1. The largest absolute Gasteiger partial charge is 0.509 e. The Morgan fingerprint density at radius 3 is 2.58 bits per heavy atom. The number of carbonyl (C=O) groups is 2. The van der Waals surface area contributed by atoms with Gasteiger partial charge in [0, 0.05) is 31.5 Å². The Labute approximate surface area is 191 Å². The molecule has 1 aliphatic rings. The molecule has 0 spiro atoms. The second kappa shape index (κ2) is 10.0. The molecule has 176 valence electrons. The van der Waals surface area contributed by atoms with Crippen molar-refractivity contribution in [3.8, 4) is 0 Å². The van der Waals surface area contributed by atoms with E-state index in [1.807, 2.05) is 26.8 Å². The molecular weight excluding hydrogens is 429 g/mol. The zero-order chi connectivity index (χ0) is 24.2. The third-order valence-electron chi connectivity index (χ3n) is 4.87. The smallest absolute Gasteiger partial charge is 0.444 e. The van der Waals surface area contributed by atoms with Crippen LogP contribution in [0.2, 0.25) is 0 Å². The number of piperidine rings is 1. The number of amides is 2. The molecule has 6 N–H and O–H groups in total. The Bertz CT molecular complexity index is 1010. The molecule has 0 unspecified atom stereocenters. The summed E-state index contributed by atoms with van der Waals surface area (Å²) in [5.74, 6) is -0.524. The van der Waals surface area contributed by atoms with Crippen LogP contribution in [0.4, 0.5) is 22.1 Å². The van der Waals surface area contributed by atoms with Crippen LogP contribution in [0, 0.1) is 0 Å². The molecule has 3 rings (SSSR count). The molecule has 0 atom stereocenters. The zero-order valence-electron chi connectivity index (χ0n) is 18.8. The molecule has 1 fully saturated rings. The number of nitrogens with one attached hydrogen (secondary N) is 2. The van der Waals surface area contributed by atoms with E-state index in [0.29, 0.717) is 37.4 Å². The normalized spacial score (nSPS) is 14.5.